The molecule has 3 aromatic rings. The van der Waals surface area contributed by atoms with E-state index < -0.39 is 37.8 Å². The van der Waals surface area contributed by atoms with Crippen molar-refractivity contribution in [1.29, 1.82) is 0 Å². The molecule has 0 spiro atoms. The van der Waals surface area contributed by atoms with Gasteiger partial charge in [-0.05, 0) is 41.3 Å². The van der Waals surface area contributed by atoms with Crippen LogP contribution in [0.15, 0.2) is 54.6 Å². The number of carboxylic acids is 1. The Bertz CT molecular complexity index is 1340. The first kappa shape index (κ1) is 27.3. The molecule has 1 heterocycles. The van der Waals surface area contributed by atoms with Gasteiger partial charge in [-0.2, -0.15) is 0 Å². The van der Waals surface area contributed by atoms with Crippen LogP contribution in [-0.4, -0.2) is 38.3 Å². The standard InChI is InChI=1S/C28H29FNO5P/c1-4-23-26(19-10-12-21(29)13-11-19)24(14-15-36(34,35)17-22(31)16-25(32)33)27(18(2)3)30-28(23)20-8-6-5-7-9-20/h5-13,18,22,31H,4,16-17H2,1-3H3,(H,32,33)(H,34,35)/t22-/m0/s1. The van der Waals surface area contributed by atoms with Crippen molar-refractivity contribution < 1.29 is 28.9 Å². The van der Waals surface area contributed by atoms with Gasteiger partial charge in [0.2, 0.25) is 0 Å². The molecule has 3 rings (SSSR count). The predicted molar refractivity (Wildman–Crippen MR) is 138 cm³/mol. The summed E-state index contributed by atoms with van der Waals surface area (Å²) in [6.45, 7) is 5.86. The molecule has 36 heavy (non-hydrogen) atoms. The van der Waals surface area contributed by atoms with Crippen LogP contribution in [-0.2, 0) is 15.8 Å². The van der Waals surface area contributed by atoms with E-state index in [4.69, 9.17) is 10.1 Å². The lowest BCUT2D eigenvalue weighted by atomic mass is 9.87. The zero-order chi connectivity index (χ0) is 26.5. The van der Waals surface area contributed by atoms with E-state index in [1.54, 1.807) is 12.1 Å². The zero-order valence-corrected chi connectivity index (χ0v) is 21.3. The summed E-state index contributed by atoms with van der Waals surface area (Å²) in [5, 5.41) is 18.7. The number of hydrogen-bond donors (Lipinski definition) is 3. The molecule has 0 aliphatic heterocycles. The molecule has 0 amide bonds. The molecule has 3 N–H and O–H groups in total. The van der Waals surface area contributed by atoms with Crippen molar-refractivity contribution in [3.63, 3.8) is 0 Å². The molecule has 6 nitrogen and oxygen atoms in total. The summed E-state index contributed by atoms with van der Waals surface area (Å²) < 4.78 is 26.5. The van der Waals surface area contributed by atoms with Gasteiger partial charge in [0.05, 0.1) is 35.6 Å². The lowest BCUT2D eigenvalue weighted by molar-refractivity contribution is -0.138. The molecule has 2 aromatic carbocycles. The summed E-state index contributed by atoms with van der Waals surface area (Å²) >= 11 is 0. The number of aliphatic hydroxyl groups is 1. The third kappa shape index (κ3) is 6.67. The maximum absolute atomic E-state index is 13.8. The molecule has 188 valence electrons. The van der Waals surface area contributed by atoms with Crippen LogP contribution >= 0.6 is 7.37 Å². The van der Waals surface area contributed by atoms with Crippen LogP contribution in [0.4, 0.5) is 4.39 Å². The fourth-order valence-electron chi connectivity index (χ4n) is 4.04. The Balaban J connectivity index is 2.30. The molecule has 0 bridgehead atoms. The van der Waals surface area contributed by atoms with Gasteiger partial charge in [-0.3, -0.25) is 14.3 Å². The van der Waals surface area contributed by atoms with Gasteiger partial charge in [0, 0.05) is 11.1 Å². The first-order valence-electron chi connectivity index (χ1n) is 11.7. The molecular formula is C28H29FNO5P. The van der Waals surface area contributed by atoms with Gasteiger partial charge < -0.3 is 15.1 Å². The highest BCUT2D eigenvalue weighted by Gasteiger charge is 2.25. The summed E-state index contributed by atoms with van der Waals surface area (Å²) in [6, 6.07) is 15.6. The van der Waals surface area contributed by atoms with E-state index in [9.17, 15) is 23.7 Å². The highest BCUT2D eigenvalue weighted by molar-refractivity contribution is 7.63. The number of rotatable bonds is 8. The minimum Gasteiger partial charge on any atom is -0.481 e. The average Bonchev–Trinajstić information content (AvgIpc) is 2.81. The molecular weight excluding hydrogens is 480 g/mol. The van der Waals surface area contributed by atoms with Crippen molar-refractivity contribution in [2.45, 2.75) is 45.6 Å². The third-order valence-electron chi connectivity index (χ3n) is 5.63. The lowest BCUT2D eigenvalue weighted by Crippen LogP contribution is -2.17. The number of pyridine rings is 1. The van der Waals surface area contributed by atoms with Crippen molar-refractivity contribution in [1.82, 2.24) is 4.98 Å². The number of aliphatic hydroxyl groups excluding tert-OH is 1. The maximum Gasteiger partial charge on any atom is 0.305 e. The smallest absolute Gasteiger partial charge is 0.305 e. The number of halogens is 1. The molecule has 0 saturated carbocycles. The number of aliphatic carboxylic acids is 1. The average molecular weight is 510 g/mol. The predicted octanol–water partition coefficient (Wildman–Crippen LogP) is 5.66. The first-order chi connectivity index (χ1) is 17.0. The monoisotopic (exact) mass is 509 g/mol. The molecule has 0 fully saturated rings. The molecule has 1 aromatic heterocycles. The van der Waals surface area contributed by atoms with E-state index in [0.29, 0.717) is 28.8 Å². The van der Waals surface area contributed by atoms with Crippen LogP contribution in [0.5, 0.6) is 0 Å². The Morgan fingerprint density at radius 1 is 1.08 bits per heavy atom. The molecule has 0 radical (unpaired) electrons. The van der Waals surface area contributed by atoms with Gasteiger partial charge in [-0.1, -0.05) is 69.2 Å². The Morgan fingerprint density at radius 2 is 1.72 bits per heavy atom. The van der Waals surface area contributed by atoms with Gasteiger partial charge in [-0.25, -0.2) is 4.39 Å². The second kappa shape index (κ2) is 11.6. The van der Waals surface area contributed by atoms with Gasteiger partial charge in [0.1, 0.15) is 5.82 Å². The highest BCUT2D eigenvalue weighted by Crippen LogP contribution is 2.42. The number of carbonyl (C=O) groups is 1. The SMILES string of the molecule is CCc1c(-c2ccccc2)nc(C(C)C)c(C#CP(=O)(O)C[C@@H](O)CC(=O)O)c1-c1ccc(F)cc1. The van der Waals surface area contributed by atoms with Crippen molar-refractivity contribution in [3.8, 4) is 34.0 Å². The van der Waals surface area contributed by atoms with Crippen molar-refractivity contribution in [2.24, 2.45) is 0 Å². The zero-order valence-electron chi connectivity index (χ0n) is 20.4. The number of nitrogens with zero attached hydrogens (tertiary/aromatic N) is 1. The largest absolute Gasteiger partial charge is 0.481 e. The van der Waals surface area contributed by atoms with Gasteiger partial charge in [-0.15, -0.1) is 0 Å². The minimum atomic E-state index is -4.20. The van der Waals surface area contributed by atoms with Crippen LogP contribution in [0.1, 0.15) is 49.9 Å². The molecule has 0 aliphatic rings. The Hall–Kier alpha value is -3.30. The summed E-state index contributed by atoms with van der Waals surface area (Å²) in [4.78, 5) is 26.2. The summed E-state index contributed by atoms with van der Waals surface area (Å²) in [7, 11) is -4.20. The topological polar surface area (TPSA) is 108 Å². The fourth-order valence-corrected chi connectivity index (χ4v) is 5.12. The molecule has 8 heteroatoms. The molecule has 0 aliphatic carbocycles. The van der Waals surface area contributed by atoms with Crippen molar-refractivity contribution >= 4 is 13.3 Å². The van der Waals surface area contributed by atoms with Crippen LogP contribution in [0, 0.1) is 17.4 Å². The summed E-state index contributed by atoms with van der Waals surface area (Å²) in [5.74, 6) is 1.09. The quantitative estimate of drug-likeness (QED) is 0.267. The Labute approximate surface area is 210 Å². The van der Waals surface area contributed by atoms with E-state index in [-0.39, 0.29) is 5.92 Å². The van der Waals surface area contributed by atoms with E-state index in [1.807, 2.05) is 51.1 Å². The van der Waals surface area contributed by atoms with Crippen molar-refractivity contribution in [2.75, 3.05) is 6.16 Å². The van der Waals surface area contributed by atoms with E-state index >= 15 is 0 Å². The molecule has 2 atom stereocenters. The fraction of sp³-hybridized carbons (Fsp3) is 0.286. The molecule has 0 saturated heterocycles. The first-order valence-corrected chi connectivity index (χ1v) is 13.5. The summed E-state index contributed by atoms with van der Waals surface area (Å²) in [5.41, 5.74) is 7.39. The highest BCUT2D eigenvalue weighted by atomic mass is 31.2. The molecule has 1 unspecified atom stereocenters. The number of hydrogen-bond acceptors (Lipinski definition) is 4. The lowest BCUT2D eigenvalue weighted by Gasteiger charge is -2.21. The van der Waals surface area contributed by atoms with Crippen LogP contribution in [0.25, 0.3) is 22.4 Å². The van der Waals surface area contributed by atoms with Crippen LogP contribution in [0.2, 0.25) is 0 Å². The second-order valence-corrected chi connectivity index (χ2v) is 10.8. The Kier molecular flexibility index (Phi) is 8.81. The number of carboxylic acid groups (broad SMARTS) is 1. The van der Waals surface area contributed by atoms with E-state index in [0.717, 1.165) is 16.8 Å². The second-order valence-electron chi connectivity index (χ2n) is 8.83. The van der Waals surface area contributed by atoms with Gasteiger partial charge >= 0.3 is 5.97 Å². The Morgan fingerprint density at radius 3 is 2.28 bits per heavy atom. The van der Waals surface area contributed by atoms with Gasteiger partial charge in [0.25, 0.3) is 7.37 Å². The van der Waals surface area contributed by atoms with E-state index in [2.05, 4.69) is 11.6 Å². The van der Waals surface area contributed by atoms with Crippen LogP contribution < -0.4 is 0 Å². The third-order valence-corrected chi connectivity index (χ3v) is 7.01. The number of aromatic nitrogens is 1. The maximum atomic E-state index is 13.8. The number of benzene rings is 2. The minimum absolute atomic E-state index is 0.0995. The summed E-state index contributed by atoms with van der Waals surface area (Å²) in [6.07, 6.45) is -2.24. The van der Waals surface area contributed by atoms with Crippen molar-refractivity contribution in [3.05, 3.63) is 77.2 Å². The van der Waals surface area contributed by atoms with E-state index in [1.165, 1.54) is 12.1 Å². The van der Waals surface area contributed by atoms with Gasteiger partial charge in [0.15, 0.2) is 0 Å². The normalized spacial score (nSPS) is 13.5. The van der Waals surface area contributed by atoms with Crippen LogP contribution in [0.3, 0.4) is 0 Å².